The number of fused-ring (bicyclic) bond motifs is 1. The van der Waals surface area contributed by atoms with Gasteiger partial charge in [0.2, 0.25) is 5.88 Å². The molecular formula is C16H18Cl2N6O. The molecule has 0 saturated heterocycles. The Labute approximate surface area is 155 Å². The van der Waals surface area contributed by atoms with Crippen LogP contribution in [0.15, 0.2) is 29.4 Å². The summed E-state index contributed by atoms with van der Waals surface area (Å²) in [6.07, 6.45) is 1.58. The Morgan fingerprint density at radius 2 is 1.92 bits per heavy atom. The molecule has 0 spiro atoms. The van der Waals surface area contributed by atoms with Crippen molar-refractivity contribution >= 4 is 41.6 Å². The molecule has 1 aromatic carbocycles. The molecule has 9 heteroatoms. The average Bonchev–Trinajstić information content (AvgIpc) is 3.00. The minimum Gasteiger partial charge on any atom is -0.493 e. The number of hydrogen-bond donors (Lipinski definition) is 2. The van der Waals surface area contributed by atoms with Gasteiger partial charge in [0.1, 0.15) is 0 Å². The second-order valence-corrected chi connectivity index (χ2v) is 5.69. The summed E-state index contributed by atoms with van der Waals surface area (Å²) >= 11 is 11.8. The third kappa shape index (κ3) is 4.66. The number of aromatic nitrogens is 4. The quantitative estimate of drug-likeness (QED) is 0.672. The number of nitrogens with one attached hydrogen (secondary N) is 1. The van der Waals surface area contributed by atoms with Crippen LogP contribution in [-0.4, -0.2) is 44.5 Å². The molecule has 2 N–H and O–H groups in total. The largest absolute Gasteiger partial charge is 0.493 e. The summed E-state index contributed by atoms with van der Waals surface area (Å²) in [6, 6.07) is 5.00. The maximum Gasteiger partial charge on any atom is 0.269 e. The third-order valence-electron chi connectivity index (χ3n) is 3.17. The summed E-state index contributed by atoms with van der Waals surface area (Å²) in [4.78, 5) is 11.5. The van der Waals surface area contributed by atoms with E-state index in [-0.39, 0.29) is 17.6 Å². The number of halogens is 2. The van der Waals surface area contributed by atoms with Crippen LogP contribution >= 0.6 is 23.2 Å². The minimum atomic E-state index is -0.182. The van der Waals surface area contributed by atoms with Gasteiger partial charge in [-0.25, -0.2) is 9.51 Å². The zero-order valence-electron chi connectivity index (χ0n) is 13.9. The molecule has 0 aliphatic heterocycles. The zero-order chi connectivity index (χ0) is 18.4. The molecule has 0 aliphatic carbocycles. The highest BCUT2D eigenvalue weighted by molar-refractivity contribution is 6.42. The number of aliphatic imine (C=N–C) groups is 1. The fraction of sp³-hybridized carbons (Fsp3) is 0.250. The van der Waals surface area contributed by atoms with Crippen LogP contribution in [-0.2, 0) is 0 Å². The van der Waals surface area contributed by atoms with Gasteiger partial charge in [-0.15, -0.1) is 5.10 Å². The molecule has 0 atom stereocenters. The molecule has 132 valence electrons. The molecule has 0 unspecified atom stereocenters. The summed E-state index contributed by atoms with van der Waals surface area (Å²) in [6.45, 7) is 9.73. The molecule has 3 aromatic rings. The van der Waals surface area contributed by atoms with Gasteiger partial charge >= 0.3 is 0 Å². The monoisotopic (exact) mass is 380 g/mol. The normalized spacial score (nSPS) is 10.4. The standard InChI is InChI=1S/C12H7Cl2N5O.C4H11N/c1-15-11-17-12-16-10(20)7(5-19(12)18-11)6-2-3-8(13)9(14)4-6;1-3-5-4-2/h2-5H,1H2,(H,16,17,18,20);5H,3-4H2,1-2H3. The van der Waals surface area contributed by atoms with Crippen molar-refractivity contribution in [3.8, 4) is 17.0 Å². The van der Waals surface area contributed by atoms with Gasteiger partial charge in [-0.2, -0.15) is 9.97 Å². The van der Waals surface area contributed by atoms with Crippen molar-refractivity contribution in [1.29, 1.82) is 0 Å². The maximum absolute atomic E-state index is 9.99. The van der Waals surface area contributed by atoms with E-state index in [2.05, 4.69) is 45.9 Å². The van der Waals surface area contributed by atoms with Gasteiger partial charge in [0, 0.05) is 6.20 Å². The Morgan fingerprint density at radius 1 is 1.20 bits per heavy atom. The van der Waals surface area contributed by atoms with Gasteiger partial charge in [-0.05, 0) is 37.5 Å². The molecule has 25 heavy (non-hydrogen) atoms. The van der Waals surface area contributed by atoms with Gasteiger partial charge in [-0.1, -0.05) is 43.1 Å². The van der Waals surface area contributed by atoms with Gasteiger partial charge in [0.15, 0.2) is 0 Å². The van der Waals surface area contributed by atoms with Crippen LogP contribution in [0.2, 0.25) is 10.0 Å². The lowest BCUT2D eigenvalue weighted by atomic mass is 10.1. The molecular weight excluding hydrogens is 363 g/mol. The van der Waals surface area contributed by atoms with Gasteiger partial charge < -0.3 is 10.4 Å². The first-order valence-electron chi connectivity index (χ1n) is 7.59. The van der Waals surface area contributed by atoms with E-state index in [1.807, 2.05) is 0 Å². The SMILES string of the molecule is C=Nc1nc2nc(O)c(-c3ccc(Cl)c(Cl)c3)cn2n1.CCNCC. The molecule has 0 saturated carbocycles. The second-order valence-electron chi connectivity index (χ2n) is 4.88. The van der Waals surface area contributed by atoms with Crippen LogP contribution in [0.1, 0.15) is 13.8 Å². The van der Waals surface area contributed by atoms with Crippen LogP contribution in [0.3, 0.4) is 0 Å². The van der Waals surface area contributed by atoms with Crippen molar-refractivity contribution in [2.45, 2.75) is 13.8 Å². The van der Waals surface area contributed by atoms with Crippen LogP contribution in [0.4, 0.5) is 5.95 Å². The molecule has 3 rings (SSSR count). The van der Waals surface area contributed by atoms with Crippen molar-refractivity contribution < 1.29 is 5.11 Å². The topological polar surface area (TPSA) is 87.7 Å². The number of rotatable bonds is 4. The summed E-state index contributed by atoms with van der Waals surface area (Å²) in [5.74, 6) is 0.232. The van der Waals surface area contributed by atoms with Gasteiger partial charge in [-0.3, -0.25) is 0 Å². The summed E-state index contributed by atoms with van der Waals surface area (Å²) in [7, 11) is 0. The first kappa shape index (κ1) is 19.1. The maximum atomic E-state index is 9.99. The Bertz CT molecular complexity index is 878. The summed E-state index contributed by atoms with van der Waals surface area (Å²) in [5, 5.41) is 18.0. The van der Waals surface area contributed by atoms with Gasteiger partial charge in [0.05, 0.1) is 15.6 Å². The van der Waals surface area contributed by atoms with Crippen molar-refractivity contribution in [1.82, 2.24) is 24.9 Å². The van der Waals surface area contributed by atoms with Crippen molar-refractivity contribution in [2.75, 3.05) is 13.1 Å². The molecule has 0 amide bonds. The lowest BCUT2D eigenvalue weighted by Crippen LogP contribution is -2.09. The van der Waals surface area contributed by atoms with E-state index in [9.17, 15) is 5.11 Å². The van der Waals surface area contributed by atoms with Crippen molar-refractivity contribution in [3.05, 3.63) is 34.4 Å². The van der Waals surface area contributed by atoms with E-state index in [1.54, 1.807) is 24.4 Å². The lowest BCUT2D eigenvalue weighted by molar-refractivity contribution is 0.455. The smallest absolute Gasteiger partial charge is 0.269 e. The van der Waals surface area contributed by atoms with Crippen molar-refractivity contribution in [2.24, 2.45) is 4.99 Å². The number of aromatic hydroxyl groups is 1. The first-order valence-corrected chi connectivity index (χ1v) is 8.35. The number of benzene rings is 1. The third-order valence-corrected chi connectivity index (χ3v) is 3.91. The molecule has 0 bridgehead atoms. The van der Waals surface area contributed by atoms with Crippen LogP contribution in [0.25, 0.3) is 16.9 Å². The highest BCUT2D eigenvalue weighted by Crippen LogP contribution is 2.32. The predicted molar refractivity (Wildman–Crippen MR) is 101 cm³/mol. The highest BCUT2D eigenvalue weighted by atomic mass is 35.5. The Morgan fingerprint density at radius 3 is 2.48 bits per heavy atom. The molecule has 2 heterocycles. The fourth-order valence-corrected chi connectivity index (χ4v) is 2.28. The van der Waals surface area contributed by atoms with E-state index in [0.29, 0.717) is 21.2 Å². The highest BCUT2D eigenvalue weighted by Gasteiger charge is 2.12. The molecule has 0 fully saturated rings. The zero-order valence-corrected chi connectivity index (χ0v) is 15.4. The van der Waals surface area contributed by atoms with E-state index in [4.69, 9.17) is 23.2 Å². The Kier molecular flexibility index (Phi) is 6.69. The van der Waals surface area contributed by atoms with E-state index in [0.717, 1.165) is 13.1 Å². The minimum absolute atomic E-state index is 0.182. The average molecular weight is 381 g/mol. The molecule has 0 radical (unpaired) electrons. The summed E-state index contributed by atoms with van der Waals surface area (Å²) in [5.41, 5.74) is 1.12. The van der Waals surface area contributed by atoms with E-state index in [1.165, 1.54) is 4.52 Å². The predicted octanol–water partition coefficient (Wildman–Crippen LogP) is 3.75. The molecule has 2 aromatic heterocycles. The molecule has 0 aliphatic rings. The van der Waals surface area contributed by atoms with Crippen LogP contribution in [0.5, 0.6) is 5.88 Å². The number of hydrogen-bond acceptors (Lipinski definition) is 6. The lowest BCUT2D eigenvalue weighted by Gasteiger charge is -2.05. The molecule has 7 nitrogen and oxygen atoms in total. The Balaban J connectivity index is 0.000000399. The van der Waals surface area contributed by atoms with E-state index >= 15 is 0 Å². The van der Waals surface area contributed by atoms with Crippen molar-refractivity contribution in [3.63, 3.8) is 0 Å². The van der Waals surface area contributed by atoms with Gasteiger partial charge in [0.25, 0.3) is 11.7 Å². The van der Waals surface area contributed by atoms with Crippen LogP contribution in [0, 0.1) is 0 Å². The Hall–Kier alpha value is -2.22. The number of nitrogens with zero attached hydrogens (tertiary/aromatic N) is 5. The second kappa shape index (κ2) is 8.75. The first-order chi connectivity index (χ1) is 12.0. The van der Waals surface area contributed by atoms with E-state index < -0.39 is 0 Å². The fourth-order valence-electron chi connectivity index (χ4n) is 1.99. The summed E-state index contributed by atoms with van der Waals surface area (Å²) < 4.78 is 1.40. The van der Waals surface area contributed by atoms with Crippen LogP contribution < -0.4 is 5.32 Å².